The summed E-state index contributed by atoms with van der Waals surface area (Å²) in [5, 5.41) is 5.78. The Morgan fingerprint density at radius 1 is 1.15 bits per heavy atom. The third-order valence-corrected chi connectivity index (χ3v) is 4.02. The third kappa shape index (κ3) is 4.11. The van der Waals surface area contributed by atoms with E-state index in [0.29, 0.717) is 13.1 Å². The molecular formula is C12H17F3N2O2S. The van der Waals surface area contributed by atoms with Gasteiger partial charge in [0.1, 0.15) is 0 Å². The molecule has 4 nitrogen and oxygen atoms in total. The van der Waals surface area contributed by atoms with E-state index < -0.39 is 20.2 Å². The highest BCUT2D eigenvalue weighted by Crippen LogP contribution is 2.33. The standard InChI is InChI=1S/C12H17F3N2O2S/c1-9(2)16-7-8-17-10-5-3-4-6-11(10)20(18,19)12(13,14)15/h3-6,9,16-17H,7-8H2,1-2H3. The van der Waals surface area contributed by atoms with Gasteiger partial charge in [0.15, 0.2) is 0 Å². The van der Waals surface area contributed by atoms with Crippen molar-refractivity contribution < 1.29 is 21.6 Å². The smallest absolute Gasteiger partial charge is 0.383 e. The minimum atomic E-state index is -5.34. The first-order valence-electron chi connectivity index (χ1n) is 6.04. The Bertz CT molecular complexity index is 542. The Morgan fingerprint density at radius 3 is 2.30 bits per heavy atom. The number of anilines is 1. The summed E-state index contributed by atoms with van der Waals surface area (Å²) in [6.07, 6.45) is 0. The molecule has 0 radical (unpaired) electrons. The van der Waals surface area contributed by atoms with Gasteiger partial charge in [0.25, 0.3) is 9.84 Å². The van der Waals surface area contributed by atoms with Crippen molar-refractivity contribution in [3.63, 3.8) is 0 Å². The van der Waals surface area contributed by atoms with Crippen LogP contribution >= 0.6 is 0 Å². The van der Waals surface area contributed by atoms with Crippen LogP contribution in [-0.4, -0.2) is 33.1 Å². The molecule has 0 fully saturated rings. The summed E-state index contributed by atoms with van der Waals surface area (Å²) in [6.45, 7) is 4.70. The van der Waals surface area contributed by atoms with E-state index in [1.807, 2.05) is 13.8 Å². The number of hydrogen-bond donors (Lipinski definition) is 2. The molecule has 0 saturated carbocycles. The number of hydrogen-bond acceptors (Lipinski definition) is 4. The predicted octanol–water partition coefficient (Wildman–Crippen LogP) is 2.39. The van der Waals surface area contributed by atoms with Gasteiger partial charge in [0.05, 0.1) is 10.6 Å². The lowest BCUT2D eigenvalue weighted by Crippen LogP contribution is -2.29. The average Bonchev–Trinajstić information content (AvgIpc) is 2.33. The molecule has 0 atom stereocenters. The van der Waals surface area contributed by atoms with Gasteiger partial charge in [0, 0.05) is 19.1 Å². The quantitative estimate of drug-likeness (QED) is 0.792. The molecule has 0 aliphatic carbocycles. The largest absolute Gasteiger partial charge is 0.501 e. The van der Waals surface area contributed by atoms with Gasteiger partial charge in [-0.05, 0) is 12.1 Å². The van der Waals surface area contributed by atoms with E-state index in [-0.39, 0.29) is 11.7 Å². The maximum atomic E-state index is 12.6. The van der Waals surface area contributed by atoms with E-state index >= 15 is 0 Å². The number of halogens is 3. The topological polar surface area (TPSA) is 58.2 Å². The van der Waals surface area contributed by atoms with E-state index in [4.69, 9.17) is 0 Å². The first kappa shape index (κ1) is 16.8. The normalized spacial score (nSPS) is 12.7. The lowest BCUT2D eigenvalue weighted by molar-refractivity contribution is -0.0435. The number of rotatable bonds is 6. The molecule has 0 aliphatic heterocycles. The van der Waals surface area contributed by atoms with Crippen LogP contribution < -0.4 is 10.6 Å². The molecule has 0 aromatic heterocycles. The molecule has 1 rings (SSSR count). The zero-order valence-electron chi connectivity index (χ0n) is 11.2. The molecule has 0 amide bonds. The van der Waals surface area contributed by atoms with Gasteiger partial charge < -0.3 is 10.6 Å². The second kappa shape index (κ2) is 6.45. The Labute approximate surface area is 116 Å². The van der Waals surface area contributed by atoms with Crippen LogP contribution in [0.2, 0.25) is 0 Å². The number of sulfone groups is 1. The minimum absolute atomic E-state index is 0.0459. The highest BCUT2D eigenvalue weighted by Gasteiger charge is 2.47. The molecule has 20 heavy (non-hydrogen) atoms. The molecule has 114 valence electrons. The summed E-state index contributed by atoms with van der Waals surface area (Å²) >= 11 is 0. The molecule has 0 spiro atoms. The first-order valence-corrected chi connectivity index (χ1v) is 7.52. The molecule has 0 unspecified atom stereocenters. The maximum Gasteiger partial charge on any atom is 0.501 e. The second-order valence-corrected chi connectivity index (χ2v) is 6.39. The van der Waals surface area contributed by atoms with Crippen LogP contribution in [0.4, 0.5) is 18.9 Å². The Morgan fingerprint density at radius 2 is 1.75 bits per heavy atom. The first-order chi connectivity index (χ1) is 9.16. The van der Waals surface area contributed by atoms with Crippen LogP contribution in [-0.2, 0) is 9.84 Å². The third-order valence-electron chi connectivity index (χ3n) is 2.47. The van der Waals surface area contributed by atoms with Crippen LogP contribution in [0, 0.1) is 0 Å². The van der Waals surface area contributed by atoms with Crippen LogP contribution in [0.1, 0.15) is 13.8 Å². The van der Waals surface area contributed by atoms with Gasteiger partial charge in [-0.25, -0.2) is 8.42 Å². The summed E-state index contributed by atoms with van der Waals surface area (Å²) in [6, 6.07) is 5.24. The fraction of sp³-hybridized carbons (Fsp3) is 0.500. The minimum Gasteiger partial charge on any atom is -0.383 e. The molecule has 8 heteroatoms. The number of nitrogens with one attached hydrogen (secondary N) is 2. The fourth-order valence-corrected chi connectivity index (χ4v) is 2.47. The molecule has 0 saturated heterocycles. The van der Waals surface area contributed by atoms with Crippen molar-refractivity contribution in [2.24, 2.45) is 0 Å². The van der Waals surface area contributed by atoms with Crippen molar-refractivity contribution in [2.45, 2.75) is 30.3 Å². The summed E-state index contributed by atoms with van der Waals surface area (Å²) in [7, 11) is -5.34. The SMILES string of the molecule is CC(C)NCCNc1ccccc1S(=O)(=O)C(F)(F)F. The van der Waals surface area contributed by atoms with E-state index in [1.54, 1.807) is 0 Å². The lowest BCUT2D eigenvalue weighted by atomic mass is 10.3. The molecule has 1 aromatic rings. The van der Waals surface area contributed by atoms with Crippen LogP contribution in [0.5, 0.6) is 0 Å². The van der Waals surface area contributed by atoms with Gasteiger partial charge in [-0.2, -0.15) is 13.2 Å². The highest BCUT2D eigenvalue weighted by molar-refractivity contribution is 7.92. The fourth-order valence-electron chi connectivity index (χ4n) is 1.53. The molecule has 0 aliphatic rings. The number of para-hydroxylation sites is 1. The van der Waals surface area contributed by atoms with Crippen molar-refractivity contribution in [3.8, 4) is 0 Å². The monoisotopic (exact) mass is 310 g/mol. The van der Waals surface area contributed by atoms with Crippen molar-refractivity contribution in [1.82, 2.24) is 5.32 Å². The van der Waals surface area contributed by atoms with Crippen molar-refractivity contribution in [2.75, 3.05) is 18.4 Å². The van der Waals surface area contributed by atoms with E-state index in [1.165, 1.54) is 18.2 Å². The lowest BCUT2D eigenvalue weighted by Gasteiger charge is -2.15. The summed E-state index contributed by atoms with van der Waals surface area (Å²) in [5.74, 6) is 0. The summed E-state index contributed by atoms with van der Waals surface area (Å²) < 4.78 is 60.6. The van der Waals surface area contributed by atoms with Crippen molar-refractivity contribution >= 4 is 15.5 Å². The Hall–Kier alpha value is -1.28. The summed E-state index contributed by atoms with van der Waals surface area (Å²) in [4.78, 5) is -0.753. The van der Waals surface area contributed by atoms with Gasteiger partial charge in [-0.3, -0.25) is 0 Å². The Kier molecular flexibility index (Phi) is 5.41. The number of alkyl halides is 3. The Balaban J connectivity index is 2.90. The zero-order chi connectivity index (χ0) is 15.4. The van der Waals surface area contributed by atoms with Crippen LogP contribution in [0.15, 0.2) is 29.2 Å². The van der Waals surface area contributed by atoms with Crippen LogP contribution in [0.3, 0.4) is 0 Å². The zero-order valence-corrected chi connectivity index (χ0v) is 12.0. The molecule has 2 N–H and O–H groups in total. The molecular weight excluding hydrogens is 293 g/mol. The maximum absolute atomic E-state index is 12.6. The van der Waals surface area contributed by atoms with Gasteiger partial charge in [-0.15, -0.1) is 0 Å². The van der Waals surface area contributed by atoms with Gasteiger partial charge >= 0.3 is 5.51 Å². The van der Waals surface area contributed by atoms with E-state index in [0.717, 1.165) is 6.07 Å². The van der Waals surface area contributed by atoms with E-state index in [9.17, 15) is 21.6 Å². The van der Waals surface area contributed by atoms with Gasteiger partial charge in [-0.1, -0.05) is 26.0 Å². The summed E-state index contributed by atoms with van der Waals surface area (Å²) in [5.41, 5.74) is -5.35. The van der Waals surface area contributed by atoms with Crippen molar-refractivity contribution in [3.05, 3.63) is 24.3 Å². The molecule has 0 heterocycles. The molecule has 0 bridgehead atoms. The van der Waals surface area contributed by atoms with Crippen LogP contribution in [0.25, 0.3) is 0 Å². The average molecular weight is 310 g/mol. The van der Waals surface area contributed by atoms with Crippen molar-refractivity contribution in [1.29, 1.82) is 0 Å². The number of benzene rings is 1. The predicted molar refractivity (Wildman–Crippen MR) is 71.3 cm³/mol. The highest BCUT2D eigenvalue weighted by atomic mass is 32.2. The van der Waals surface area contributed by atoms with E-state index in [2.05, 4.69) is 10.6 Å². The molecule has 1 aromatic carbocycles. The van der Waals surface area contributed by atoms with Gasteiger partial charge in [0.2, 0.25) is 0 Å². The second-order valence-electron chi connectivity index (χ2n) is 4.48.